The SMILES string of the molecule is C=C1C=C2C(C)(C)[N+](C)=C[C@@]2(C=N)c2ccccc21.CC. The largest absolute Gasteiger partial charge is 0.311 e. The summed E-state index contributed by atoms with van der Waals surface area (Å²) >= 11 is 0. The van der Waals surface area contributed by atoms with Crippen molar-refractivity contribution in [3.05, 3.63) is 53.6 Å². The number of likely N-dealkylation sites (N-methyl/N-ethyl adjacent to an activating group) is 1. The van der Waals surface area contributed by atoms with Gasteiger partial charge in [-0.25, -0.2) is 4.58 Å². The lowest BCUT2D eigenvalue weighted by Gasteiger charge is -2.32. The van der Waals surface area contributed by atoms with E-state index in [-0.39, 0.29) is 5.54 Å². The van der Waals surface area contributed by atoms with Crippen molar-refractivity contribution in [1.29, 1.82) is 5.41 Å². The lowest BCUT2D eigenvalue weighted by atomic mass is 9.66. The molecule has 2 nitrogen and oxygen atoms in total. The number of rotatable bonds is 1. The normalized spacial score (nSPS) is 24.9. The molecule has 1 aliphatic heterocycles. The summed E-state index contributed by atoms with van der Waals surface area (Å²) < 4.78 is 2.21. The van der Waals surface area contributed by atoms with Crippen molar-refractivity contribution in [3.8, 4) is 0 Å². The van der Waals surface area contributed by atoms with Crippen LogP contribution in [0.2, 0.25) is 0 Å². The van der Waals surface area contributed by atoms with Crippen LogP contribution >= 0.6 is 0 Å². The fourth-order valence-corrected chi connectivity index (χ4v) is 3.31. The summed E-state index contributed by atoms with van der Waals surface area (Å²) in [6, 6.07) is 8.28. The van der Waals surface area contributed by atoms with Crippen LogP contribution in [0.4, 0.5) is 0 Å². The summed E-state index contributed by atoms with van der Waals surface area (Å²) in [4.78, 5) is 0. The van der Waals surface area contributed by atoms with Crippen molar-refractivity contribution in [2.75, 3.05) is 7.05 Å². The van der Waals surface area contributed by atoms with Gasteiger partial charge in [0.25, 0.3) is 0 Å². The Morgan fingerprint density at radius 1 is 1.19 bits per heavy atom. The number of nitrogens with one attached hydrogen (secondary N) is 1. The molecule has 0 saturated heterocycles. The summed E-state index contributed by atoms with van der Waals surface area (Å²) in [6.45, 7) is 12.6. The fourth-order valence-electron chi connectivity index (χ4n) is 3.31. The summed E-state index contributed by atoms with van der Waals surface area (Å²) in [5, 5.41) is 8.03. The third kappa shape index (κ3) is 1.93. The molecule has 1 N–H and O–H groups in total. The molecule has 1 heterocycles. The molecule has 0 unspecified atom stereocenters. The first-order valence-electron chi connectivity index (χ1n) is 7.55. The molecule has 0 radical (unpaired) electrons. The molecule has 1 atom stereocenters. The zero-order valence-electron chi connectivity index (χ0n) is 13.7. The van der Waals surface area contributed by atoms with Crippen molar-refractivity contribution in [1.82, 2.24) is 0 Å². The molecule has 0 amide bonds. The number of allylic oxidation sites excluding steroid dienone is 2. The topological polar surface area (TPSA) is 26.9 Å². The first-order valence-corrected chi connectivity index (χ1v) is 7.55. The lowest BCUT2D eigenvalue weighted by molar-refractivity contribution is -0.552. The summed E-state index contributed by atoms with van der Waals surface area (Å²) in [7, 11) is 2.08. The molecule has 0 saturated carbocycles. The summed E-state index contributed by atoms with van der Waals surface area (Å²) in [5.41, 5.74) is 4.10. The fraction of sp³-hybridized carbons (Fsp3) is 0.368. The van der Waals surface area contributed by atoms with Gasteiger partial charge in [0.15, 0.2) is 11.8 Å². The van der Waals surface area contributed by atoms with Crippen LogP contribution in [0.3, 0.4) is 0 Å². The minimum absolute atomic E-state index is 0.0893. The van der Waals surface area contributed by atoms with Crippen LogP contribution in [0.5, 0.6) is 0 Å². The first-order chi connectivity index (χ1) is 9.93. The zero-order chi connectivity index (χ0) is 15.8. The minimum atomic E-state index is -0.407. The van der Waals surface area contributed by atoms with Crippen LogP contribution < -0.4 is 0 Å². The highest BCUT2D eigenvalue weighted by Gasteiger charge is 2.55. The molecule has 0 aromatic heterocycles. The molecule has 110 valence electrons. The number of hydrogen-bond donors (Lipinski definition) is 1. The van der Waals surface area contributed by atoms with Gasteiger partial charge in [0.1, 0.15) is 12.5 Å². The predicted molar refractivity (Wildman–Crippen MR) is 91.7 cm³/mol. The molecule has 2 aliphatic rings. The molecule has 1 aromatic carbocycles. The Balaban J connectivity index is 0.000000774. The number of nitrogens with zero attached hydrogens (tertiary/aromatic N) is 1. The molecular weight excluding hydrogens is 256 g/mol. The van der Waals surface area contributed by atoms with Gasteiger partial charge in [-0.3, -0.25) is 0 Å². The molecule has 0 bridgehead atoms. The van der Waals surface area contributed by atoms with Gasteiger partial charge in [-0.05, 0) is 22.8 Å². The van der Waals surface area contributed by atoms with Crippen LogP contribution in [0.1, 0.15) is 38.8 Å². The van der Waals surface area contributed by atoms with Crippen LogP contribution in [0, 0.1) is 5.41 Å². The maximum atomic E-state index is 8.03. The molecular formula is C19H25N2+. The van der Waals surface area contributed by atoms with Gasteiger partial charge in [-0.1, -0.05) is 44.7 Å². The monoisotopic (exact) mass is 281 g/mol. The second-order valence-electron chi connectivity index (χ2n) is 5.94. The Hall–Kier alpha value is -1.96. The number of fused-ring (bicyclic) bond motifs is 3. The Labute approximate surface area is 128 Å². The lowest BCUT2D eigenvalue weighted by Crippen LogP contribution is -2.38. The van der Waals surface area contributed by atoms with Crippen molar-refractivity contribution >= 4 is 18.0 Å². The van der Waals surface area contributed by atoms with Gasteiger partial charge >= 0.3 is 0 Å². The second kappa shape index (κ2) is 5.10. The highest BCUT2D eigenvalue weighted by atomic mass is 15.1. The quantitative estimate of drug-likeness (QED) is 0.594. The predicted octanol–water partition coefficient (Wildman–Crippen LogP) is 4.06. The molecule has 0 spiro atoms. The van der Waals surface area contributed by atoms with Crippen LogP contribution in [-0.2, 0) is 5.41 Å². The van der Waals surface area contributed by atoms with Crippen LogP contribution in [0.25, 0.3) is 5.57 Å². The molecule has 3 rings (SSSR count). The highest BCUT2D eigenvalue weighted by molar-refractivity contribution is 6.04. The Morgan fingerprint density at radius 2 is 1.81 bits per heavy atom. The van der Waals surface area contributed by atoms with Gasteiger partial charge in [0, 0.05) is 25.6 Å². The van der Waals surface area contributed by atoms with E-state index in [9.17, 15) is 0 Å². The van der Waals surface area contributed by atoms with E-state index < -0.39 is 5.41 Å². The molecule has 1 aliphatic carbocycles. The van der Waals surface area contributed by atoms with Gasteiger partial charge < -0.3 is 5.41 Å². The maximum absolute atomic E-state index is 8.03. The van der Waals surface area contributed by atoms with Gasteiger partial charge in [0.2, 0.25) is 0 Å². The van der Waals surface area contributed by atoms with Crippen molar-refractivity contribution in [3.63, 3.8) is 0 Å². The van der Waals surface area contributed by atoms with E-state index in [2.05, 4.69) is 56.5 Å². The third-order valence-corrected chi connectivity index (χ3v) is 4.65. The van der Waals surface area contributed by atoms with E-state index in [0.29, 0.717) is 0 Å². The number of benzene rings is 1. The van der Waals surface area contributed by atoms with E-state index in [0.717, 1.165) is 11.1 Å². The third-order valence-electron chi connectivity index (χ3n) is 4.65. The van der Waals surface area contributed by atoms with E-state index in [1.165, 1.54) is 11.1 Å². The van der Waals surface area contributed by atoms with Crippen LogP contribution in [-0.4, -0.2) is 29.6 Å². The van der Waals surface area contributed by atoms with Crippen molar-refractivity contribution in [2.45, 2.75) is 38.6 Å². The Morgan fingerprint density at radius 3 is 2.43 bits per heavy atom. The van der Waals surface area contributed by atoms with Crippen LogP contribution in [0.15, 0.2) is 42.5 Å². The Bertz CT molecular complexity index is 662. The average Bonchev–Trinajstić information content (AvgIpc) is 2.71. The van der Waals surface area contributed by atoms with Gasteiger partial charge in [-0.2, -0.15) is 0 Å². The van der Waals surface area contributed by atoms with Crippen molar-refractivity contribution < 1.29 is 4.58 Å². The standard InChI is InChI=1S/C17H19N2.C2H6/c1-12-9-15-16(2,3)19(4)11-17(15,10-18)14-8-6-5-7-13(12)14;1-2/h5-11,18H,1H2,2-4H3;1-2H3/q+1;/t17-;/m0./s1. The summed E-state index contributed by atoms with van der Waals surface area (Å²) in [6.07, 6.45) is 5.89. The first kappa shape index (κ1) is 15.4. The maximum Gasteiger partial charge on any atom is 0.179 e. The molecule has 0 fully saturated rings. The van der Waals surface area contributed by atoms with E-state index in [1.54, 1.807) is 6.21 Å². The van der Waals surface area contributed by atoms with Crippen molar-refractivity contribution in [2.24, 2.45) is 0 Å². The number of hydrogen-bond acceptors (Lipinski definition) is 1. The minimum Gasteiger partial charge on any atom is -0.311 e. The second-order valence-corrected chi connectivity index (χ2v) is 5.94. The van der Waals surface area contributed by atoms with E-state index in [4.69, 9.17) is 5.41 Å². The Kier molecular flexibility index (Phi) is 3.75. The molecule has 1 aromatic rings. The van der Waals surface area contributed by atoms with E-state index in [1.807, 2.05) is 26.0 Å². The highest BCUT2D eigenvalue weighted by Crippen LogP contribution is 2.48. The zero-order valence-corrected chi connectivity index (χ0v) is 13.7. The van der Waals surface area contributed by atoms with Gasteiger partial charge in [-0.15, -0.1) is 0 Å². The average molecular weight is 281 g/mol. The van der Waals surface area contributed by atoms with Gasteiger partial charge in [0.05, 0.1) is 0 Å². The molecule has 21 heavy (non-hydrogen) atoms. The van der Waals surface area contributed by atoms with E-state index >= 15 is 0 Å². The smallest absolute Gasteiger partial charge is 0.179 e. The molecule has 2 heteroatoms. The summed E-state index contributed by atoms with van der Waals surface area (Å²) in [5.74, 6) is 0.